The van der Waals surface area contributed by atoms with Gasteiger partial charge in [-0.05, 0) is 0 Å². The van der Waals surface area contributed by atoms with Crippen LogP contribution >= 0.6 is 11.3 Å². The van der Waals surface area contributed by atoms with Crippen molar-refractivity contribution in [2.45, 2.75) is 19.9 Å². The third kappa shape index (κ3) is 2.24. The highest BCUT2D eigenvalue weighted by atomic mass is 32.1. The van der Waals surface area contributed by atoms with E-state index in [-0.39, 0.29) is 35.7 Å². The molecule has 2 rings (SSSR count). The number of hydrazine groups is 1. The number of hydrogen-bond acceptors (Lipinski definition) is 6. The number of hydrogen-bond donors (Lipinski definition) is 2. The fourth-order valence-electron chi connectivity index (χ4n) is 1.72. The van der Waals surface area contributed by atoms with Gasteiger partial charge in [-0.3, -0.25) is 24.7 Å². The standard InChI is InChI=1S/C10H12N4O3S/c1-5-2-7(15)14(10(5)17)3-6-4-18-9(12-6)8(16)13-11/h4-5H,2-3,11H2,1H3,(H,13,16). The highest BCUT2D eigenvalue weighted by molar-refractivity contribution is 7.11. The van der Waals surface area contributed by atoms with E-state index in [2.05, 4.69) is 4.98 Å². The highest BCUT2D eigenvalue weighted by Crippen LogP contribution is 2.21. The van der Waals surface area contributed by atoms with E-state index in [9.17, 15) is 14.4 Å². The van der Waals surface area contributed by atoms with Gasteiger partial charge in [0.2, 0.25) is 11.8 Å². The minimum Gasteiger partial charge on any atom is -0.288 e. The Hall–Kier alpha value is -1.80. The molecule has 0 aromatic carbocycles. The smallest absolute Gasteiger partial charge is 0.288 e. The van der Waals surface area contributed by atoms with Crippen LogP contribution in [0.2, 0.25) is 0 Å². The van der Waals surface area contributed by atoms with Crippen LogP contribution < -0.4 is 11.3 Å². The number of carbonyl (C=O) groups excluding carboxylic acids is 3. The predicted octanol–water partition coefficient (Wildman–Crippen LogP) is -0.358. The first-order valence-electron chi connectivity index (χ1n) is 5.32. The Bertz CT molecular complexity index is 513. The summed E-state index contributed by atoms with van der Waals surface area (Å²) in [7, 11) is 0. The Morgan fingerprint density at radius 3 is 2.94 bits per heavy atom. The average molecular weight is 268 g/mol. The second-order valence-corrected chi connectivity index (χ2v) is 4.90. The lowest BCUT2D eigenvalue weighted by Crippen LogP contribution is -2.31. The van der Waals surface area contributed by atoms with E-state index < -0.39 is 5.91 Å². The first-order valence-corrected chi connectivity index (χ1v) is 6.20. The first-order chi connectivity index (χ1) is 8.52. The Balaban J connectivity index is 2.10. The second kappa shape index (κ2) is 4.83. The summed E-state index contributed by atoms with van der Waals surface area (Å²) in [6.07, 6.45) is 0.235. The fraction of sp³-hybridized carbons (Fsp3) is 0.400. The molecule has 1 unspecified atom stereocenters. The van der Waals surface area contributed by atoms with Gasteiger partial charge in [0, 0.05) is 17.7 Å². The van der Waals surface area contributed by atoms with Gasteiger partial charge in [0.25, 0.3) is 5.91 Å². The van der Waals surface area contributed by atoms with Gasteiger partial charge < -0.3 is 0 Å². The highest BCUT2D eigenvalue weighted by Gasteiger charge is 2.35. The molecule has 1 saturated heterocycles. The summed E-state index contributed by atoms with van der Waals surface area (Å²) in [4.78, 5) is 39.7. The van der Waals surface area contributed by atoms with Gasteiger partial charge in [-0.1, -0.05) is 6.92 Å². The minimum atomic E-state index is -0.487. The van der Waals surface area contributed by atoms with Gasteiger partial charge in [-0.15, -0.1) is 11.3 Å². The number of nitrogens with one attached hydrogen (secondary N) is 1. The predicted molar refractivity (Wildman–Crippen MR) is 63.1 cm³/mol. The van der Waals surface area contributed by atoms with Crippen molar-refractivity contribution in [3.05, 3.63) is 16.1 Å². The molecule has 1 atom stereocenters. The van der Waals surface area contributed by atoms with Crippen molar-refractivity contribution in [1.29, 1.82) is 0 Å². The third-order valence-corrected chi connectivity index (χ3v) is 3.56. The van der Waals surface area contributed by atoms with Crippen molar-refractivity contribution in [3.63, 3.8) is 0 Å². The molecule has 1 aromatic heterocycles. The van der Waals surface area contributed by atoms with E-state index in [1.54, 1.807) is 12.3 Å². The quantitative estimate of drug-likeness (QED) is 0.337. The molecule has 1 aliphatic rings. The molecule has 1 fully saturated rings. The number of nitrogen functional groups attached to an aromatic ring is 1. The number of nitrogens with two attached hydrogens (primary N) is 1. The normalized spacial score (nSPS) is 19.4. The van der Waals surface area contributed by atoms with Crippen molar-refractivity contribution in [2.75, 3.05) is 0 Å². The Morgan fingerprint density at radius 1 is 1.67 bits per heavy atom. The average Bonchev–Trinajstić information content (AvgIpc) is 2.90. The second-order valence-electron chi connectivity index (χ2n) is 4.04. The molecular weight excluding hydrogens is 256 g/mol. The summed E-state index contributed by atoms with van der Waals surface area (Å²) in [6.45, 7) is 1.82. The van der Waals surface area contributed by atoms with E-state index >= 15 is 0 Å². The van der Waals surface area contributed by atoms with Crippen LogP contribution in [0.15, 0.2) is 5.38 Å². The number of nitrogens with zero attached hydrogens (tertiary/aromatic N) is 2. The number of carbonyl (C=O) groups is 3. The van der Waals surface area contributed by atoms with Crippen LogP contribution in [0.4, 0.5) is 0 Å². The fourth-order valence-corrected chi connectivity index (χ4v) is 2.43. The molecule has 0 bridgehead atoms. The van der Waals surface area contributed by atoms with Crippen molar-refractivity contribution in [3.8, 4) is 0 Å². The van der Waals surface area contributed by atoms with Crippen molar-refractivity contribution in [1.82, 2.24) is 15.3 Å². The van der Waals surface area contributed by atoms with E-state index in [4.69, 9.17) is 5.84 Å². The molecule has 7 nitrogen and oxygen atoms in total. The molecular formula is C10H12N4O3S. The SMILES string of the molecule is CC1CC(=O)N(Cc2csc(C(=O)NN)n2)C1=O. The maximum Gasteiger partial charge on any atom is 0.294 e. The zero-order chi connectivity index (χ0) is 13.3. The number of aromatic nitrogens is 1. The number of amides is 3. The molecule has 1 aromatic rings. The molecule has 96 valence electrons. The van der Waals surface area contributed by atoms with Crippen molar-refractivity contribution < 1.29 is 14.4 Å². The van der Waals surface area contributed by atoms with Crippen LogP contribution in [0, 0.1) is 5.92 Å². The number of rotatable bonds is 3. The van der Waals surface area contributed by atoms with Gasteiger partial charge in [0.05, 0.1) is 12.2 Å². The zero-order valence-corrected chi connectivity index (χ0v) is 10.5. The molecule has 0 spiro atoms. The van der Waals surface area contributed by atoms with Gasteiger partial charge in [-0.25, -0.2) is 10.8 Å². The largest absolute Gasteiger partial charge is 0.294 e. The van der Waals surface area contributed by atoms with E-state index in [1.807, 2.05) is 5.43 Å². The molecule has 0 aliphatic carbocycles. The summed E-state index contributed by atoms with van der Waals surface area (Å²) in [6, 6.07) is 0. The minimum absolute atomic E-state index is 0.107. The lowest BCUT2D eigenvalue weighted by atomic mass is 10.1. The summed E-state index contributed by atoms with van der Waals surface area (Å²) in [5.74, 6) is 3.83. The monoisotopic (exact) mass is 268 g/mol. The molecule has 0 radical (unpaired) electrons. The zero-order valence-electron chi connectivity index (χ0n) is 9.67. The van der Waals surface area contributed by atoms with Crippen molar-refractivity contribution in [2.24, 2.45) is 11.8 Å². The van der Waals surface area contributed by atoms with Gasteiger partial charge in [-0.2, -0.15) is 0 Å². The Kier molecular flexibility index (Phi) is 3.39. The molecule has 3 N–H and O–H groups in total. The summed E-state index contributed by atoms with van der Waals surface area (Å²) in [5.41, 5.74) is 2.48. The van der Waals surface area contributed by atoms with Gasteiger partial charge in [0.15, 0.2) is 5.01 Å². The molecule has 8 heteroatoms. The number of thiazole rings is 1. The van der Waals surface area contributed by atoms with Gasteiger partial charge >= 0.3 is 0 Å². The van der Waals surface area contributed by atoms with Gasteiger partial charge in [0.1, 0.15) is 0 Å². The molecule has 2 heterocycles. The molecule has 0 saturated carbocycles. The third-order valence-electron chi connectivity index (χ3n) is 2.67. The lowest BCUT2D eigenvalue weighted by Gasteiger charge is -2.12. The van der Waals surface area contributed by atoms with Crippen LogP contribution in [0.5, 0.6) is 0 Å². The van der Waals surface area contributed by atoms with E-state index in [0.717, 1.165) is 11.3 Å². The molecule has 1 aliphatic heterocycles. The Labute approximate surface area is 107 Å². The van der Waals surface area contributed by atoms with Crippen LogP contribution in [0.1, 0.15) is 28.8 Å². The summed E-state index contributed by atoms with van der Waals surface area (Å²) in [5, 5.41) is 1.84. The first kappa shape index (κ1) is 12.7. The summed E-state index contributed by atoms with van der Waals surface area (Å²) >= 11 is 1.12. The van der Waals surface area contributed by atoms with E-state index in [1.165, 1.54) is 4.90 Å². The number of likely N-dealkylation sites (tertiary alicyclic amines) is 1. The van der Waals surface area contributed by atoms with E-state index in [0.29, 0.717) is 5.69 Å². The molecule has 3 amide bonds. The maximum atomic E-state index is 11.7. The lowest BCUT2D eigenvalue weighted by molar-refractivity contribution is -0.139. The maximum absolute atomic E-state index is 11.7. The van der Waals surface area contributed by atoms with Crippen LogP contribution in [-0.2, 0) is 16.1 Å². The van der Waals surface area contributed by atoms with Crippen LogP contribution in [0.25, 0.3) is 0 Å². The van der Waals surface area contributed by atoms with Crippen LogP contribution in [0.3, 0.4) is 0 Å². The Morgan fingerprint density at radius 2 is 2.39 bits per heavy atom. The summed E-state index contributed by atoms with van der Waals surface area (Å²) < 4.78 is 0. The van der Waals surface area contributed by atoms with Crippen molar-refractivity contribution >= 4 is 29.1 Å². The number of imide groups is 1. The topological polar surface area (TPSA) is 105 Å². The molecule has 18 heavy (non-hydrogen) atoms. The van der Waals surface area contributed by atoms with Crippen LogP contribution in [-0.4, -0.2) is 27.6 Å².